The second-order valence-corrected chi connectivity index (χ2v) is 4.44. The molecule has 1 heterocycles. The summed E-state index contributed by atoms with van der Waals surface area (Å²) >= 11 is 0. The Morgan fingerprint density at radius 3 is 2.36 bits per heavy atom. The molecule has 124 valence electrons. The summed E-state index contributed by atoms with van der Waals surface area (Å²) in [5.74, 6) is -2.15. The average Bonchev–Trinajstić information content (AvgIpc) is 2.80. The van der Waals surface area contributed by atoms with Crippen molar-refractivity contribution in [2.24, 2.45) is 0 Å². The first kappa shape index (κ1) is 18.0. The van der Waals surface area contributed by atoms with Crippen LogP contribution in [0.25, 0.3) is 0 Å². The van der Waals surface area contributed by atoms with Gasteiger partial charge in [-0.2, -0.15) is 0 Å². The topological polar surface area (TPSA) is 114 Å². The molecular weight excluding hydrogens is 298 g/mol. The van der Waals surface area contributed by atoms with Gasteiger partial charge in [-0.05, 0) is 0 Å². The largest absolute Gasteiger partial charge is 0.383 e. The summed E-state index contributed by atoms with van der Waals surface area (Å²) in [7, 11) is 2.83. The first-order chi connectivity index (χ1) is 10.5. The second kappa shape index (κ2) is 9.07. The average molecular weight is 317 g/mol. The molecule has 1 aliphatic rings. The van der Waals surface area contributed by atoms with Crippen LogP contribution in [0.5, 0.6) is 0 Å². The Morgan fingerprint density at radius 2 is 1.82 bits per heavy atom. The summed E-state index contributed by atoms with van der Waals surface area (Å²) in [6, 6.07) is 0. The highest BCUT2D eigenvalue weighted by Crippen LogP contribution is 2.10. The number of rotatable bonds is 9. The Balaban J connectivity index is 2.46. The fourth-order valence-electron chi connectivity index (χ4n) is 1.67. The van der Waals surface area contributed by atoms with E-state index in [4.69, 9.17) is 9.47 Å². The van der Waals surface area contributed by atoms with Gasteiger partial charge in [-0.1, -0.05) is 0 Å². The van der Waals surface area contributed by atoms with Crippen LogP contribution < -0.4 is 5.48 Å². The van der Waals surface area contributed by atoms with E-state index in [-0.39, 0.29) is 39.1 Å². The number of carbonyl (C=O) groups is 4. The minimum atomic E-state index is -0.687. The number of nitrogens with one attached hydrogen (secondary N) is 1. The number of hydrogen-bond acceptors (Lipinski definition) is 7. The van der Waals surface area contributed by atoms with E-state index in [0.717, 1.165) is 0 Å². The molecule has 0 bridgehead atoms. The summed E-state index contributed by atoms with van der Waals surface area (Å²) in [6.45, 7) is -0.0664. The maximum absolute atomic E-state index is 11.8. The van der Waals surface area contributed by atoms with Crippen molar-refractivity contribution in [3.05, 3.63) is 0 Å². The van der Waals surface area contributed by atoms with Gasteiger partial charge in [0.25, 0.3) is 17.7 Å². The fourth-order valence-corrected chi connectivity index (χ4v) is 1.67. The second-order valence-electron chi connectivity index (χ2n) is 4.44. The molecule has 1 fully saturated rings. The lowest BCUT2D eigenvalue weighted by Gasteiger charge is -2.21. The van der Waals surface area contributed by atoms with Crippen LogP contribution in [0.2, 0.25) is 0 Å². The quantitative estimate of drug-likeness (QED) is 0.395. The van der Waals surface area contributed by atoms with Crippen LogP contribution in [0.1, 0.15) is 12.8 Å². The normalized spacial score (nSPS) is 14.4. The van der Waals surface area contributed by atoms with Crippen LogP contribution in [-0.4, -0.2) is 74.1 Å². The van der Waals surface area contributed by atoms with Gasteiger partial charge in [0.15, 0.2) is 0 Å². The summed E-state index contributed by atoms with van der Waals surface area (Å²) < 4.78 is 9.58. The van der Waals surface area contributed by atoms with Crippen molar-refractivity contribution >= 4 is 23.6 Å². The van der Waals surface area contributed by atoms with Crippen LogP contribution in [0.3, 0.4) is 0 Å². The lowest BCUT2D eigenvalue weighted by atomic mass is 10.4. The van der Waals surface area contributed by atoms with Crippen molar-refractivity contribution in [3.63, 3.8) is 0 Å². The zero-order valence-corrected chi connectivity index (χ0v) is 12.5. The molecule has 1 aliphatic heterocycles. The Morgan fingerprint density at radius 1 is 1.18 bits per heavy atom. The highest BCUT2D eigenvalue weighted by atomic mass is 16.8. The van der Waals surface area contributed by atoms with Crippen molar-refractivity contribution in [3.8, 4) is 0 Å². The molecule has 4 amide bonds. The summed E-state index contributed by atoms with van der Waals surface area (Å²) in [6.07, 6.45) is 0.0853. The number of imide groups is 1. The number of ether oxygens (including phenoxy) is 2. The van der Waals surface area contributed by atoms with Gasteiger partial charge < -0.3 is 14.4 Å². The van der Waals surface area contributed by atoms with E-state index in [9.17, 15) is 19.2 Å². The van der Waals surface area contributed by atoms with E-state index < -0.39 is 23.6 Å². The number of amides is 4. The molecule has 0 aliphatic carbocycles. The van der Waals surface area contributed by atoms with E-state index in [0.29, 0.717) is 5.06 Å². The molecule has 1 saturated heterocycles. The third kappa shape index (κ3) is 5.39. The predicted octanol–water partition coefficient (Wildman–Crippen LogP) is -1.78. The van der Waals surface area contributed by atoms with Crippen molar-refractivity contribution in [2.75, 3.05) is 40.5 Å². The molecule has 0 aromatic heterocycles. The molecule has 22 heavy (non-hydrogen) atoms. The highest BCUT2D eigenvalue weighted by molar-refractivity contribution is 6.00. The van der Waals surface area contributed by atoms with E-state index >= 15 is 0 Å². The summed E-state index contributed by atoms with van der Waals surface area (Å²) in [4.78, 5) is 51.9. The van der Waals surface area contributed by atoms with Gasteiger partial charge in [-0.3, -0.25) is 19.2 Å². The first-order valence-electron chi connectivity index (χ1n) is 6.56. The molecule has 0 radical (unpaired) electrons. The summed E-state index contributed by atoms with van der Waals surface area (Å²) in [5.41, 5.74) is 1.96. The molecule has 10 nitrogen and oxygen atoms in total. The maximum atomic E-state index is 11.8. The molecule has 0 aromatic rings. The Bertz CT molecular complexity index is 424. The van der Waals surface area contributed by atoms with Gasteiger partial charge in [0.2, 0.25) is 5.91 Å². The zero-order chi connectivity index (χ0) is 16.5. The highest BCUT2D eigenvalue weighted by Gasteiger charge is 2.31. The number of methoxy groups -OCH3 is 2. The van der Waals surface area contributed by atoms with Crippen molar-refractivity contribution in [1.82, 2.24) is 15.4 Å². The predicted molar refractivity (Wildman–Crippen MR) is 70.6 cm³/mol. The third-order valence-corrected chi connectivity index (χ3v) is 2.78. The standard InChI is InChI=1S/C12H19N3O7/c1-20-6-5-14(12(19)8-21-2)7-9(16)13-22-15-10(17)3-4-11(15)18/h3-8H2,1-2H3,(H,13,16). The molecule has 0 atom stereocenters. The minimum Gasteiger partial charge on any atom is -0.383 e. The van der Waals surface area contributed by atoms with E-state index in [1.54, 1.807) is 0 Å². The number of hydroxylamine groups is 3. The van der Waals surface area contributed by atoms with E-state index in [1.165, 1.54) is 19.1 Å². The lowest BCUT2D eigenvalue weighted by molar-refractivity contribution is -0.209. The van der Waals surface area contributed by atoms with Gasteiger partial charge in [0.1, 0.15) is 13.2 Å². The van der Waals surface area contributed by atoms with Crippen LogP contribution in [-0.2, 0) is 33.6 Å². The van der Waals surface area contributed by atoms with Gasteiger partial charge in [0, 0.05) is 33.6 Å². The molecule has 0 saturated carbocycles. The van der Waals surface area contributed by atoms with Crippen LogP contribution in [0.4, 0.5) is 0 Å². The molecule has 10 heteroatoms. The van der Waals surface area contributed by atoms with Crippen LogP contribution in [0.15, 0.2) is 0 Å². The van der Waals surface area contributed by atoms with Gasteiger partial charge in [0.05, 0.1) is 6.61 Å². The molecule has 1 N–H and O–H groups in total. The van der Waals surface area contributed by atoms with Gasteiger partial charge in [-0.15, -0.1) is 10.0 Å². The number of nitrogens with zero attached hydrogens (tertiary/aromatic N) is 2. The van der Waals surface area contributed by atoms with Gasteiger partial charge >= 0.3 is 0 Å². The first-order valence-corrected chi connectivity index (χ1v) is 6.56. The van der Waals surface area contributed by atoms with Crippen LogP contribution in [0, 0.1) is 0 Å². The maximum Gasteiger partial charge on any atom is 0.265 e. The Labute approximate surface area is 127 Å². The number of hydrogen-bond donors (Lipinski definition) is 1. The van der Waals surface area contributed by atoms with Crippen molar-refractivity contribution in [2.45, 2.75) is 12.8 Å². The fraction of sp³-hybridized carbons (Fsp3) is 0.667. The zero-order valence-electron chi connectivity index (χ0n) is 12.5. The summed E-state index contributed by atoms with van der Waals surface area (Å²) in [5, 5.41) is 0.494. The molecule has 0 aromatic carbocycles. The molecular formula is C12H19N3O7. The minimum absolute atomic E-state index is 0.0427. The molecule has 0 spiro atoms. The lowest BCUT2D eigenvalue weighted by Crippen LogP contribution is -2.46. The Kier molecular flexibility index (Phi) is 7.43. The molecule has 1 rings (SSSR count). The number of carbonyl (C=O) groups excluding carboxylic acids is 4. The molecule has 0 unspecified atom stereocenters. The smallest absolute Gasteiger partial charge is 0.265 e. The SMILES string of the molecule is COCCN(CC(=O)NON1C(=O)CCC1=O)C(=O)COC. The van der Waals surface area contributed by atoms with Crippen molar-refractivity contribution < 1.29 is 33.6 Å². The van der Waals surface area contributed by atoms with Crippen molar-refractivity contribution in [1.29, 1.82) is 0 Å². The Hall–Kier alpha value is -2.04. The van der Waals surface area contributed by atoms with Crippen LogP contribution >= 0.6 is 0 Å². The monoisotopic (exact) mass is 317 g/mol. The third-order valence-electron chi connectivity index (χ3n) is 2.78. The van der Waals surface area contributed by atoms with E-state index in [1.807, 2.05) is 5.48 Å². The van der Waals surface area contributed by atoms with Gasteiger partial charge in [-0.25, -0.2) is 5.48 Å². The van der Waals surface area contributed by atoms with E-state index in [2.05, 4.69) is 4.94 Å².